The van der Waals surface area contributed by atoms with Crippen LogP contribution in [0.25, 0.3) is 5.53 Å². The molecule has 0 spiro atoms. The number of nitrogens with one attached hydrogen (secondary N) is 1. The second-order valence-corrected chi connectivity index (χ2v) is 2.80. The third kappa shape index (κ3) is 2.97. The predicted molar refractivity (Wildman–Crippen MR) is 48.6 cm³/mol. The van der Waals surface area contributed by atoms with E-state index in [4.69, 9.17) is 5.53 Å². The molecule has 0 aliphatic carbocycles. The lowest BCUT2D eigenvalue weighted by atomic mass is 10.1. The molecule has 0 fully saturated rings. The summed E-state index contributed by atoms with van der Waals surface area (Å²) < 4.78 is 36.5. The van der Waals surface area contributed by atoms with Crippen LogP contribution in [0.1, 0.15) is 15.9 Å². The van der Waals surface area contributed by atoms with Gasteiger partial charge < -0.3 is 0 Å². The first-order valence-electron chi connectivity index (χ1n) is 4.09. The van der Waals surface area contributed by atoms with Gasteiger partial charge in [-0.25, -0.2) is 0 Å². The second-order valence-electron chi connectivity index (χ2n) is 2.80. The van der Waals surface area contributed by atoms with E-state index >= 15 is 0 Å². The van der Waals surface area contributed by atoms with Crippen molar-refractivity contribution >= 4 is 12.0 Å². The molecular weight excluding hydrogens is 223 g/mol. The molecule has 1 rings (SSSR count). The first kappa shape index (κ1) is 12.0. The van der Waals surface area contributed by atoms with Crippen molar-refractivity contribution in [2.24, 2.45) is 5.10 Å². The van der Waals surface area contributed by atoms with Crippen LogP contribution in [0.15, 0.2) is 29.4 Å². The predicted octanol–water partition coefficient (Wildman–Crippen LogP) is 0.976. The average Bonchev–Trinajstić information content (AvgIpc) is 2.25. The van der Waals surface area contributed by atoms with Gasteiger partial charge in [0, 0.05) is 11.8 Å². The molecule has 0 saturated carbocycles. The number of nitrogens with zero attached hydrogens (tertiary/aromatic N) is 2. The van der Waals surface area contributed by atoms with Crippen LogP contribution >= 0.6 is 0 Å². The molecule has 0 aliphatic rings. The summed E-state index contributed by atoms with van der Waals surface area (Å²) in [6.45, 7) is 0. The van der Waals surface area contributed by atoms with Crippen LogP contribution in [0, 0.1) is 0 Å². The maximum atomic E-state index is 12.2. The maximum absolute atomic E-state index is 12.2. The second kappa shape index (κ2) is 4.65. The van der Waals surface area contributed by atoms with Gasteiger partial charge in [-0.15, -0.1) is 0 Å². The van der Waals surface area contributed by atoms with E-state index in [1.54, 1.807) is 0 Å². The first-order chi connectivity index (χ1) is 7.45. The molecule has 0 bridgehead atoms. The molecule has 16 heavy (non-hydrogen) atoms. The number of hydrazone groups is 1. The summed E-state index contributed by atoms with van der Waals surface area (Å²) in [4.78, 5) is 11.2. The third-order valence-corrected chi connectivity index (χ3v) is 1.74. The monoisotopic (exact) mass is 229 g/mol. The third-order valence-electron chi connectivity index (χ3n) is 1.74. The Morgan fingerprint density at radius 1 is 1.31 bits per heavy atom. The zero-order valence-electron chi connectivity index (χ0n) is 7.82. The molecule has 84 valence electrons. The van der Waals surface area contributed by atoms with Gasteiger partial charge >= 0.3 is 6.18 Å². The van der Waals surface area contributed by atoms with Crippen LogP contribution < -0.4 is 5.22 Å². The number of hydrogen-bond acceptors (Lipinski definition) is 1. The van der Waals surface area contributed by atoms with E-state index in [2.05, 4.69) is 5.10 Å². The van der Waals surface area contributed by atoms with Crippen LogP contribution in [-0.2, 0) is 6.18 Å². The van der Waals surface area contributed by atoms with Gasteiger partial charge in [-0.05, 0) is 12.1 Å². The first-order valence-corrected chi connectivity index (χ1v) is 4.09. The molecule has 7 heteroatoms. The van der Waals surface area contributed by atoms with E-state index in [0.29, 0.717) is 0 Å². The fourth-order valence-electron chi connectivity index (χ4n) is 0.986. The van der Waals surface area contributed by atoms with Crippen LogP contribution in [0.4, 0.5) is 13.2 Å². The van der Waals surface area contributed by atoms with Crippen LogP contribution in [-0.4, -0.2) is 12.0 Å². The number of Topliss-reactive ketones (excluding diaryl/α,β-unsaturated/α-hetero) is 1. The number of carbonyl (C=O) groups excluding carboxylic acids is 1. The van der Waals surface area contributed by atoms with Crippen molar-refractivity contribution in [3.05, 3.63) is 40.9 Å². The SMILES string of the molecule is [N-]=[NH+]N=CC(=O)c1ccc(C(F)(F)F)cc1. The topological polar surface area (TPSA) is 65.7 Å². The molecule has 0 radical (unpaired) electrons. The molecule has 0 aliphatic heterocycles. The Kier molecular flexibility index (Phi) is 3.49. The summed E-state index contributed by atoms with van der Waals surface area (Å²) >= 11 is 0. The van der Waals surface area contributed by atoms with Gasteiger partial charge in [0.25, 0.3) is 0 Å². The van der Waals surface area contributed by atoms with Gasteiger partial charge in [0.05, 0.1) is 5.56 Å². The highest BCUT2D eigenvalue weighted by Crippen LogP contribution is 2.28. The standard InChI is InChI=1S/C9H6F3N3O/c10-9(11,12)7-3-1-6(2-4-7)8(16)5-14-15-13/h1-5,15H. The quantitative estimate of drug-likeness (QED) is 0.357. The maximum Gasteiger partial charge on any atom is 0.416 e. The molecule has 0 unspecified atom stereocenters. The number of halogens is 3. The molecule has 0 heterocycles. The Labute approximate surface area is 88.3 Å². The Hall–Kier alpha value is -2.05. The zero-order valence-corrected chi connectivity index (χ0v) is 7.82. The fourth-order valence-corrected chi connectivity index (χ4v) is 0.986. The number of rotatable bonds is 3. The highest BCUT2D eigenvalue weighted by Gasteiger charge is 2.30. The van der Waals surface area contributed by atoms with E-state index < -0.39 is 17.5 Å². The minimum atomic E-state index is -4.43. The molecule has 1 aromatic carbocycles. The highest BCUT2D eigenvalue weighted by atomic mass is 19.4. The van der Waals surface area contributed by atoms with Gasteiger partial charge in [-0.2, -0.15) is 29.0 Å². The molecule has 0 amide bonds. The molecule has 0 atom stereocenters. The number of carbonyl (C=O) groups is 1. The van der Waals surface area contributed by atoms with E-state index in [1.165, 1.54) is 5.22 Å². The minimum absolute atomic E-state index is 0.0481. The van der Waals surface area contributed by atoms with Gasteiger partial charge in [0.15, 0.2) is 5.78 Å². The summed E-state index contributed by atoms with van der Waals surface area (Å²) in [5.41, 5.74) is 7.28. The number of ketones is 1. The highest BCUT2D eigenvalue weighted by molar-refractivity contribution is 6.35. The van der Waals surface area contributed by atoms with Crippen LogP contribution in [0.2, 0.25) is 0 Å². The number of alkyl halides is 3. The summed E-state index contributed by atoms with van der Waals surface area (Å²) in [6, 6.07) is 3.67. The molecule has 1 aromatic rings. The summed E-state index contributed by atoms with van der Waals surface area (Å²) in [7, 11) is 0. The normalized spacial score (nSPS) is 11.7. The van der Waals surface area contributed by atoms with E-state index in [9.17, 15) is 18.0 Å². The van der Waals surface area contributed by atoms with Crippen molar-refractivity contribution in [2.75, 3.05) is 0 Å². The number of benzene rings is 1. The molecule has 4 nitrogen and oxygen atoms in total. The van der Waals surface area contributed by atoms with Crippen molar-refractivity contribution in [3.8, 4) is 0 Å². The summed E-state index contributed by atoms with van der Waals surface area (Å²) in [5, 5.41) is 4.40. The van der Waals surface area contributed by atoms with E-state index in [-0.39, 0.29) is 5.56 Å². The Morgan fingerprint density at radius 3 is 2.31 bits per heavy atom. The molecular formula is C9H6F3N3O. The Bertz CT molecular complexity index is 423. The lowest BCUT2D eigenvalue weighted by Crippen LogP contribution is -2.54. The van der Waals surface area contributed by atoms with Crippen LogP contribution in [0.5, 0.6) is 0 Å². The van der Waals surface area contributed by atoms with Crippen LogP contribution in [0.3, 0.4) is 0 Å². The average molecular weight is 229 g/mol. The summed E-state index contributed by atoms with van der Waals surface area (Å²) in [6.07, 6.45) is -3.68. The van der Waals surface area contributed by atoms with Crippen molar-refractivity contribution < 1.29 is 23.2 Å². The number of hydrogen-bond donors (Lipinski definition) is 1. The lowest BCUT2D eigenvalue weighted by molar-refractivity contribution is -0.485. The molecule has 0 saturated heterocycles. The van der Waals surface area contributed by atoms with E-state index in [1.807, 2.05) is 0 Å². The van der Waals surface area contributed by atoms with Crippen molar-refractivity contribution in [1.82, 2.24) is 0 Å². The minimum Gasteiger partial charge on any atom is -0.289 e. The fraction of sp³-hybridized carbons (Fsp3) is 0.111. The Morgan fingerprint density at radius 2 is 1.88 bits per heavy atom. The molecule has 0 aromatic heterocycles. The smallest absolute Gasteiger partial charge is 0.289 e. The van der Waals surface area contributed by atoms with Crippen molar-refractivity contribution in [2.45, 2.75) is 6.18 Å². The van der Waals surface area contributed by atoms with Gasteiger partial charge in [0.1, 0.15) is 0 Å². The largest absolute Gasteiger partial charge is 0.416 e. The van der Waals surface area contributed by atoms with Gasteiger partial charge in [-0.1, -0.05) is 12.1 Å². The van der Waals surface area contributed by atoms with Gasteiger partial charge in [-0.3, -0.25) is 4.79 Å². The van der Waals surface area contributed by atoms with E-state index in [0.717, 1.165) is 30.5 Å². The zero-order chi connectivity index (χ0) is 12.2. The van der Waals surface area contributed by atoms with Crippen molar-refractivity contribution in [3.63, 3.8) is 0 Å². The van der Waals surface area contributed by atoms with Gasteiger partial charge in [0.2, 0.25) is 0 Å². The lowest BCUT2D eigenvalue weighted by Gasteiger charge is -2.06. The Balaban J connectivity index is 2.91. The van der Waals surface area contributed by atoms with Crippen molar-refractivity contribution in [1.29, 1.82) is 0 Å². The molecule has 1 N–H and O–H groups in total. The summed E-state index contributed by atoms with van der Waals surface area (Å²) in [5.74, 6) is -0.615.